The second kappa shape index (κ2) is 9.63. The molecule has 0 saturated carbocycles. The lowest BCUT2D eigenvalue weighted by Crippen LogP contribution is -2.14. The van der Waals surface area contributed by atoms with Crippen LogP contribution in [-0.2, 0) is 12.0 Å². The van der Waals surface area contributed by atoms with E-state index in [1.807, 2.05) is 18.2 Å². The fraction of sp³-hybridized carbons (Fsp3) is 0.240. The maximum atomic E-state index is 12.8. The number of nitrogens with one attached hydrogen (secondary N) is 1. The first-order valence-corrected chi connectivity index (χ1v) is 10.6. The summed E-state index contributed by atoms with van der Waals surface area (Å²) in [7, 11) is 1.59. The van der Waals surface area contributed by atoms with E-state index in [4.69, 9.17) is 32.7 Å². The van der Waals surface area contributed by atoms with Gasteiger partial charge in [-0.2, -0.15) is 0 Å². The summed E-state index contributed by atoms with van der Waals surface area (Å²) >= 11 is 12.0. The summed E-state index contributed by atoms with van der Waals surface area (Å²) in [6.45, 7) is 6.69. The van der Waals surface area contributed by atoms with Gasteiger partial charge in [0.05, 0.1) is 7.11 Å². The van der Waals surface area contributed by atoms with E-state index < -0.39 is 0 Å². The number of para-hydroxylation sites is 1. The SMILES string of the molecule is COc1ccc(C(=O)Nc2cc(Cl)cc(Cl)c2)cc1COc1ccccc1C(C)(C)C. The minimum absolute atomic E-state index is 0.0549. The third-order valence-electron chi connectivity index (χ3n) is 4.74. The average molecular weight is 458 g/mol. The van der Waals surface area contributed by atoms with E-state index in [1.165, 1.54) is 0 Å². The van der Waals surface area contributed by atoms with Crippen LogP contribution in [0.5, 0.6) is 11.5 Å². The smallest absolute Gasteiger partial charge is 0.255 e. The number of hydrogen-bond donors (Lipinski definition) is 1. The van der Waals surface area contributed by atoms with Crippen LogP contribution in [0, 0.1) is 0 Å². The molecular weight excluding hydrogens is 433 g/mol. The van der Waals surface area contributed by atoms with Crippen LogP contribution in [-0.4, -0.2) is 13.0 Å². The van der Waals surface area contributed by atoms with Crippen molar-refractivity contribution in [2.75, 3.05) is 12.4 Å². The molecule has 0 heterocycles. The Kier molecular flexibility index (Phi) is 7.14. The minimum atomic E-state index is -0.280. The van der Waals surface area contributed by atoms with E-state index in [0.717, 1.165) is 16.9 Å². The lowest BCUT2D eigenvalue weighted by atomic mass is 9.86. The van der Waals surface area contributed by atoms with Gasteiger partial charge in [-0.3, -0.25) is 4.79 Å². The zero-order valence-corrected chi connectivity index (χ0v) is 19.5. The number of rotatable bonds is 6. The Morgan fingerprint density at radius 3 is 2.26 bits per heavy atom. The zero-order chi connectivity index (χ0) is 22.6. The van der Waals surface area contributed by atoms with Gasteiger partial charge in [-0.05, 0) is 53.4 Å². The Morgan fingerprint density at radius 2 is 1.61 bits per heavy atom. The van der Waals surface area contributed by atoms with E-state index in [1.54, 1.807) is 43.5 Å². The van der Waals surface area contributed by atoms with Crippen molar-refractivity contribution >= 4 is 34.8 Å². The van der Waals surface area contributed by atoms with Gasteiger partial charge in [-0.1, -0.05) is 62.2 Å². The highest BCUT2D eigenvalue weighted by atomic mass is 35.5. The number of methoxy groups -OCH3 is 1. The number of amides is 1. The molecule has 1 N–H and O–H groups in total. The van der Waals surface area contributed by atoms with Crippen LogP contribution < -0.4 is 14.8 Å². The number of halogens is 2. The van der Waals surface area contributed by atoms with Gasteiger partial charge in [0.25, 0.3) is 5.91 Å². The molecule has 0 atom stereocenters. The van der Waals surface area contributed by atoms with Crippen molar-refractivity contribution in [2.45, 2.75) is 32.8 Å². The van der Waals surface area contributed by atoms with Gasteiger partial charge in [-0.25, -0.2) is 0 Å². The fourth-order valence-corrected chi connectivity index (χ4v) is 3.76. The highest BCUT2D eigenvalue weighted by Crippen LogP contribution is 2.32. The Bertz CT molecular complexity index is 1070. The largest absolute Gasteiger partial charge is 0.496 e. The Hall–Kier alpha value is -2.69. The molecule has 3 aromatic rings. The molecule has 1 amide bonds. The average Bonchev–Trinajstić information content (AvgIpc) is 2.70. The molecule has 0 fully saturated rings. The van der Waals surface area contributed by atoms with Crippen molar-refractivity contribution < 1.29 is 14.3 Å². The molecule has 0 saturated heterocycles. The fourth-order valence-electron chi connectivity index (χ4n) is 3.23. The second-order valence-electron chi connectivity index (χ2n) is 8.17. The summed E-state index contributed by atoms with van der Waals surface area (Å²) in [5, 5.41) is 3.71. The minimum Gasteiger partial charge on any atom is -0.496 e. The van der Waals surface area contributed by atoms with Gasteiger partial charge in [0, 0.05) is 26.9 Å². The quantitative estimate of drug-likeness (QED) is 0.428. The van der Waals surface area contributed by atoms with Crippen molar-refractivity contribution in [1.82, 2.24) is 0 Å². The van der Waals surface area contributed by atoms with Crippen molar-refractivity contribution in [1.29, 1.82) is 0 Å². The van der Waals surface area contributed by atoms with Crippen molar-refractivity contribution in [2.24, 2.45) is 0 Å². The summed E-state index contributed by atoms with van der Waals surface area (Å²) in [5.41, 5.74) is 2.82. The van der Waals surface area contributed by atoms with Gasteiger partial charge in [0.1, 0.15) is 18.1 Å². The van der Waals surface area contributed by atoms with E-state index in [2.05, 4.69) is 32.2 Å². The van der Waals surface area contributed by atoms with Crippen LogP contribution in [0.3, 0.4) is 0 Å². The third kappa shape index (κ3) is 5.93. The third-order valence-corrected chi connectivity index (χ3v) is 5.18. The van der Waals surface area contributed by atoms with Gasteiger partial charge < -0.3 is 14.8 Å². The standard InChI is InChI=1S/C25H25Cl2NO3/c1-25(2,3)21-7-5-6-8-23(21)31-15-17-11-16(9-10-22(17)30-4)24(29)28-20-13-18(26)12-19(27)14-20/h5-14H,15H2,1-4H3,(H,28,29). The first-order valence-electron chi connectivity index (χ1n) is 9.84. The number of ether oxygens (including phenoxy) is 2. The molecule has 162 valence electrons. The molecule has 0 bridgehead atoms. The number of carbonyl (C=O) groups excluding carboxylic acids is 1. The van der Waals surface area contributed by atoms with Crippen LogP contribution in [0.2, 0.25) is 10.0 Å². The molecule has 3 rings (SSSR count). The summed E-state index contributed by atoms with van der Waals surface area (Å²) in [5.74, 6) is 1.17. The van der Waals surface area contributed by atoms with E-state index in [0.29, 0.717) is 27.0 Å². The molecule has 0 aliphatic carbocycles. The van der Waals surface area contributed by atoms with Crippen LogP contribution in [0.1, 0.15) is 42.3 Å². The lowest BCUT2D eigenvalue weighted by Gasteiger charge is -2.23. The first-order chi connectivity index (χ1) is 14.7. The summed E-state index contributed by atoms with van der Waals surface area (Å²) in [6.07, 6.45) is 0. The number of anilines is 1. The van der Waals surface area contributed by atoms with E-state index >= 15 is 0 Å². The van der Waals surface area contributed by atoms with Gasteiger partial charge >= 0.3 is 0 Å². The van der Waals surface area contributed by atoms with Crippen LogP contribution in [0.25, 0.3) is 0 Å². The zero-order valence-electron chi connectivity index (χ0n) is 18.0. The van der Waals surface area contributed by atoms with Gasteiger partial charge in [0.15, 0.2) is 0 Å². The molecule has 0 spiro atoms. The number of hydrogen-bond acceptors (Lipinski definition) is 3. The van der Waals surface area contributed by atoms with Crippen molar-refractivity contribution in [3.63, 3.8) is 0 Å². The second-order valence-corrected chi connectivity index (χ2v) is 9.05. The predicted octanol–water partition coefficient (Wildman–Crippen LogP) is 7.13. The molecule has 4 nitrogen and oxygen atoms in total. The summed E-state index contributed by atoms with van der Waals surface area (Å²) in [4.78, 5) is 12.8. The monoisotopic (exact) mass is 457 g/mol. The molecule has 0 unspecified atom stereocenters. The maximum Gasteiger partial charge on any atom is 0.255 e. The molecular formula is C25H25Cl2NO3. The van der Waals surface area contributed by atoms with Gasteiger partial charge in [0.2, 0.25) is 0 Å². The topological polar surface area (TPSA) is 47.6 Å². The molecule has 31 heavy (non-hydrogen) atoms. The molecule has 0 radical (unpaired) electrons. The van der Waals surface area contributed by atoms with Crippen molar-refractivity contribution in [3.05, 3.63) is 87.4 Å². The van der Waals surface area contributed by atoms with E-state index in [9.17, 15) is 4.79 Å². The first kappa shape index (κ1) is 23.0. The van der Waals surface area contributed by atoms with Gasteiger partial charge in [-0.15, -0.1) is 0 Å². The summed E-state index contributed by atoms with van der Waals surface area (Å²) < 4.78 is 11.6. The highest BCUT2D eigenvalue weighted by Gasteiger charge is 2.19. The van der Waals surface area contributed by atoms with E-state index in [-0.39, 0.29) is 17.9 Å². The highest BCUT2D eigenvalue weighted by molar-refractivity contribution is 6.35. The van der Waals surface area contributed by atoms with Crippen LogP contribution >= 0.6 is 23.2 Å². The molecule has 0 aliphatic rings. The summed E-state index contributed by atoms with van der Waals surface area (Å²) in [6, 6.07) is 18.1. The Morgan fingerprint density at radius 1 is 0.935 bits per heavy atom. The normalized spacial score (nSPS) is 11.2. The molecule has 3 aromatic carbocycles. The molecule has 6 heteroatoms. The lowest BCUT2D eigenvalue weighted by molar-refractivity contribution is 0.102. The van der Waals surface area contributed by atoms with Crippen molar-refractivity contribution in [3.8, 4) is 11.5 Å². The van der Waals surface area contributed by atoms with Crippen LogP contribution in [0.4, 0.5) is 5.69 Å². The number of carbonyl (C=O) groups is 1. The number of benzene rings is 3. The van der Waals surface area contributed by atoms with Crippen LogP contribution in [0.15, 0.2) is 60.7 Å². The molecule has 0 aromatic heterocycles. The maximum absolute atomic E-state index is 12.8. The predicted molar refractivity (Wildman–Crippen MR) is 127 cm³/mol. The Labute approximate surface area is 193 Å². The Balaban J connectivity index is 1.82. The molecule has 0 aliphatic heterocycles.